The molecule has 1 atom stereocenters. The molecule has 1 saturated heterocycles. The zero-order valence-corrected chi connectivity index (χ0v) is 9.67. The lowest BCUT2D eigenvalue weighted by Gasteiger charge is -2.16. The van der Waals surface area contributed by atoms with Gasteiger partial charge in [-0.25, -0.2) is 0 Å². The summed E-state index contributed by atoms with van der Waals surface area (Å²) in [5.74, 6) is -0.202. The molecular weight excluding hydrogens is 247 g/mol. The minimum absolute atomic E-state index is 0.0618. The summed E-state index contributed by atoms with van der Waals surface area (Å²) in [4.78, 5) is 0. The summed E-state index contributed by atoms with van der Waals surface area (Å²) in [6, 6.07) is 3.51. The van der Waals surface area contributed by atoms with Crippen LogP contribution in [0.4, 0.5) is 18.9 Å². The van der Waals surface area contributed by atoms with E-state index < -0.39 is 11.7 Å². The quantitative estimate of drug-likeness (QED) is 0.851. The van der Waals surface area contributed by atoms with Gasteiger partial charge in [-0.15, -0.1) is 0 Å². The molecule has 0 aromatic heterocycles. The summed E-state index contributed by atoms with van der Waals surface area (Å²) < 4.78 is 48.8. The third kappa shape index (κ3) is 3.07. The number of rotatable bonds is 3. The number of hydrogen-bond donors (Lipinski definition) is 1. The first-order valence-corrected chi connectivity index (χ1v) is 5.68. The van der Waals surface area contributed by atoms with Gasteiger partial charge in [0.05, 0.1) is 11.7 Å². The maximum absolute atomic E-state index is 12.8. The van der Waals surface area contributed by atoms with Crippen molar-refractivity contribution in [1.82, 2.24) is 0 Å². The van der Waals surface area contributed by atoms with Crippen molar-refractivity contribution in [1.29, 1.82) is 0 Å². The van der Waals surface area contributed by atoms with Crippen LogP contribution in [0.25, 0.3) is 0 Å². The number of hydrogen-bond acceptors (Lipinski definition) is 3. The number of anilines is 1. The van der Waals surface area contributed by atoms with Gasteiger partial charge < -0.3 is 15.2 Å². The third-order valence-corrected chi connectivity index (χ3v) is 2.76. The molecule has 1 aromatic carbocycles. The maximum Gasteiger partial charge on any atom is 0.420 e. The Labute approximate surface area is 103 Å². The van der Waals surface area contributed by atoms with E-state index in [1.165, 1.54) is 12.1 Å². The van der Waals surface area contributed by atoms with Gasteiger partial charge in [0.2, 0.25) is 0 Å². The van der Waals surface area contributed by atoms with Gasteiger partial charge in [0.1, 0.15) is 12.4 Å². The van der Waals surface area contributed by atoms with Crippen LogP contribution in [0.2, 0.25) is 0 Å². The summed E-state index contributed by atoms with van der Waals surface area (Å²) in [5, 5.41) is 0. The molecule has 0 aliphatic carbocycles. The van der Waals surface area contributed by atoms with E-state index >= 15 is 0 Å². The fourth-order valence-electron chi connectivity index (χ4n) is 1.85. The van der Waals surface area contributed by atoms with E-state index in [2.05, 4.69) is 0 Å². The van der Waals surface area contributed by atoms with E-state index in [1.54, 1.807) is 0 Å². The normalized spacial score (nSPS) is 20.1. The highest BCUT2D eigenvalue weighted by Gasteiger charge is 2.34. The number of nitrogens with two attached hydrogens (primary N) is 1. The van der Waals surface area contributed by atoms with Crippen LogP contribution in [0.5, 0.6) is 5.75 Å². The molecule has 18 heavy (non-hydrogen) atoms. The van der Waals surface area contributed by atoms with E-state index in [1.807, 2.05) is 0 Å². The molecule has 0 saturated carbocycles. The second kappa shape index (κ2) is 5.06. The van der Waals surface area contributed by atoms with Crippen molar-refractivity contribution in [2.75, 3.05) is 18.9 Å². The monoisotopic (exact) mass is 261 g/mol. The molecule has 1 heterocycles. The van der Waals surface area contributed by atoms with Gasteiger partial charge in [-0.05, 0) is 31.0 Å². The summed E-state index contributed by atoms with van der Waals surface area (Å²) in [5.41, 5.74) is 4.58. The Bertz CT molecular complexity index is 414. The van der Waals surface area contributed by atoms with Gasteiger partial charge in [-0.3, -0.25) is 0 Å². The molecule has 1 aliphatic heterocycles. The standard InChI is InChI=1S/C12H14F3NO2/c13-12(14,15)10-6-8(16)3-4-11(10)18-7-9-2-1-5-17-9/h3-4,6,9H,1-2,5,7,16H2/t9-/m1/s1. The Morgan fingerprint density at radius 2 is 2.17 bits per heavy atom. The van der Waals surface area contributed by atoms with Gasteiger partial charge in [0.15, 0.2) is 0 Å². The van der Waals surface area contributed by atoms with Crippen molar-refractivity contribution in [3.8, 4) is 5.75 Å². The Balaban J connectivity index is 2.11. The Morgan fingerprint density at radius 3 is 2.78 bits per heavy atom. The van der Waals surface area contributed by atoms with Gasteiger partial charge in [0, 0.05) is 12.3 Å². The van der Waals surface area contributed by atoms with Crippen LogP contribution >= 0.6 is 0 Å². The summed E-state index contributed by atoms with van der Waals surface area (Å²) in [6.07, 6.45) is -2.86. The predicted octanol–water partition coefficient (Wildman–Crippen LogP) is 2.85. The Morgan fingerprint density at radius 1 is 1.39 bits per heavy atom. The molecule has 1 aliphatic rings. The lowest BCUT2D eigenvalue weighted by atomic mass is 10.1. The average Bonchev–Trinajstić information content (AvgIpc) is 2.79. The number of ether oxygens (including phenoxy) is 2. The minimum atomic E-state index is -4.47. The van der Waals surface area contributed by atoms with Crippen molar-refractivity contribution in [3.63, 3.8) is 0 Å². The molecule has 0 spiro atoms. The zero-order chi connectivity index (χ0) is 13.2. The van der Waals surface area contributed by atoms with Crippen LogP contribution in [0.1, 0.15) is 18.4 Å². The average molecular weight is 261 g/mol. The zero-order valence-electron chi connectivity index (χ0n) is 9.67. The van der Waals surface area contributed by atoms with Gasteiger partial charge in [-0.1, -0.05) is 0 Å². The predicted molar refractivity (Wildman–Crippen MR) is 60.3 cm³/mol. The summed E-state index contributed by atoms with van der Waals surface area (Å²) in [7, 11) is 0. The molecule has 2 N–H and O–H groups in total. The first kappa shape index (κ1) is 13.0. The lowest BCUT2D eigenvalue weighted by Crippen LogP contribution is -2.18. The lowest BCUT2D eigenvalue weighted by molar-refractivity contribution is -0.139. The SMILES string of the molecule is Nc1ccc(OC[C@H]2CCCO2)c(C(F)(F)F)c1. The molecule has 2 rings (SSSR count). The Hall–Kier alpha value is -1.43. The van der Waals surface area contributed by atoms with E-state index in [4.69, 9.17) is 15.2 Å². The number of halogens is 3. The van der Waals surface area contributed by atoms with Crippen molar-refractivity contribution < 1.29 is 22.6 Å². The van der Waals surface area contributed by atoms with E-state index in [-0.39, 0.29) is 24.1 Å². The number of alkyl halides is 3. The van der Waals surface area contributed by atoms with Crippen LogP contribution < -0.4 is 10.5 Å². The van der Waals surface area contributed by atoms with Crippen LogP contribution in [0, 0.1) is 0 Å². The highest BCUT2D eigenvalue weighted by atomic mass is 19.4. The van der Waals surface area contributed by atoms with Crippen LogP contribution in [0.15, 0.2) is 18.2 Å². The molecule has 0 amide bonds. The fourth-order valence-corrected chi connectivity index (χ4v) is 1.85. The van der Waals surface area contributed by atoms with Crippen molar-refractivity contribution in [3.05, 3.63) is 23.8 Å². The molecule has 1 aromatic rings. The van der Waals surface area contributed by atoms with Crippen LogP contribution in [-0.4, -0.2) is 19.3 Å². The Kier molecular flexibility index (Phi) is 3.65. The van der Waals surface area contributed by atoms with Crippen molar-refractivity contribution in [2.45, 2.75) is 25.1 Å². The molecule has 6 heteroatoms. The topological polar surface area (TPSA) is 44.5 Å². The van der Waals surface area contributed by atoms with Crippen molar-refractivity contribution >= 4 is 5.69 Å². The summed E-state index contributed by atoms with van der Waals surface area (Å²) in [6.45, 7) is 0.773. The summed E-state index contributed by atoms with van der Waals surface area (Å²) >= 11 is 0. The minimum Gasteiger partial charge on any atom is -0.490 e. The van der Waals surface area contributed by atoms with Gasteiger partial charge in [-0.2, -0.15) is 13.2 Å². The number of nitrogen functional groups attached to an aromatic ring is 1. The second-order valence-electron chi connectivity index (χ2n) is 4.20. The molecule has 3 nitrogen and oxygen atoms in total. The molecule has 1 fully saturated rings. The van der Waals surface area contributed by atoms with Gasteiger partial charge in [0.25, 0.3) is 0 Å². The highest BCUT2D eigenvalue weighted by Crippen LogP contribution is 2.37. The third-order valence-electron chi connectivity index (χ3n) is 2.76. The first-order chi connectivity index (χ1) is 8.47. The highest BCUT2D eigenvalue weighted by molar-refractivity contribution is 5.49. The first-order valence-electron chi connectivity index (χ1n) is 5.68. The fraction of sp³-hybridized carbons (Fsp3) is 0.500. The van der Waals surface area contributed by atoms with Gasteiger partial charge >= 0.3 is 6.18 Å². The van der Waals surface area contributed by atoms with E-state index in [0.29, 0.717) is 6.61 Å². The van der Waals surface area contributed by atoms with Crippen LogP contribution in [0.3, 0.4) is 0 Å². The smallest absolute Gasteiger partial charge is 0.420 e. The molecule has 0 radical (unpaired) electrons. The maximum atomic E-state index is 12.8. The second-order valence-corrected chi connectivity index (χ2v) is 4.20. The number of benzene rings is 1. The van der Waals surface area contributed by atoms with E-state index in [0.717, 1.165) is 18.9 Å². The van der Waals surface area contributed by atoms with Crippen molar-refractivity contribution in [2.24, 2.45) is 0 Å². The molecular formula is C12H14F3NO2. The molecule has 0 unspecified atom stereocenters. The molecule has 0 bridgehead atoms. The van der Waals surface area contributed by atoms with Crippen LogP contribution in [-0.2, 0) is 10.9 Å². The van der Waals surface area contributed by atoms with E-state index in [9.17, 15) is 13.2 Å². The molecule has 100 valence electrons. The largest absolute Gasteiger partial charge is 0.490 e.